The maximum absolute atomic E-state index is 12.3. The van der Waals surface area contributed by atoms with Crippen molar-refractivity contribution in [1.82, 2.24) is 0 Å². The number of carbonyl (C=O) groups excluding carboxylic acids is 1. The number of hydrogen-bond acceptors (Lipinski definition) is 1. The van der Waals surface area contributed by atoms with E-state index in [1.54, 1.807) is 0 Å². The van der Waals surface area contributed by atoms with Gasteiger partial charge in [-0.1, -0.05) is 69.3 Å². The average Bonchev–Trinajstić information content (AvgIpc) is 2.41. The Bertz CT molecular complexity index is 609. The molecule has 2 heteroatoms. The van der Waals surface area contributed by atoms with Crippen molar-refractivity contribution in [2.24, 2.45) is 5.41 Å². The van der Waals surface area contributed by atoms with Gasteiger partial charge in [0.05, 0.1) is 5.69 Å². The number of carbonyl (C=O) groups is 1. The molecule has 0 aliphatic rings. The van der Waals surface area contributed by atoms with Crippen LogP contribution in [0.3, 0.4) is 0 Å². The van der Waals surface area contributed by atoms with Crippen LogP contribution in [0.2, 0.25) is 0 Å². The van der Waals surface area contributed by atoms with Crippen molar-refractivity contribution in [3.05, 3.63) is 54.1 Å². The standard InChI is InChI=1S/C18H21NO/c1-13-9-8-12-15(14-10-6-5-7-11-14)16(13)19-17(20)18(2,3)4/h5-12H,1-4H3,(H,19,20). The number of rotatable bonds is 2. The summed E-state index contributed by atoms with van der Waals surface area (Å²) in [7, 11) is 0. The Hall–Kier alpha value is -2.09. The van der Waals surface area contributed by atoms with Crippen LogP contribution in [0.15, 0.2) is 48.5 Å². The zero-order valence-corrected chi connectivity index (χ0v) is 12.5. The van der Waals surface area contributed by atoms with Crippen LogP contribution in [0.25, 0.3) is 11.1 Å². The molecule has 0 bridgehead atoms. The van der Waals surface area contributed by atoms with Gasteiger partial charge in [0.25, 0.3) is 0 Å². The maximum atomic E-state index is 12.3. The third kappa shape index (κ3) is 3.08. The van der Waals surface area contributed by atoms with E-state index in [1.807, 2.05) is 64.1 Å². The van der Waals surface area contributed by atoms with Crippen LogP contribution in [-0.4, -0.2) is 5.91 Å². The molecule has 0 saturated carbocycles. The number of amides is 1. The van der Waals surface area contributed by atoms with Gasteiger partial charge in [0.2, 0.25) is 5.91 Å². The molecule has 20 heavy (non-hydrogen) atoms. The first-order chi connectivity index (χ1) is 9.39. The van der Waals surface area contributed by atoms with Gasteiger partial charge in [0.15, 0.2) is 0 Å². The van der Waals surface area contributed by atoms with E-state index in [4.69, 9.17) is 0 Å². The SMILES string of the molecule is Cc1cccc(-c2ccccc2)c1NC(=O)C(C)(C)C. The number of hydrogen-bond donors (Lipinski definition) is 1. The Balaban J connectivity index is 2.45. The summed E-state index contributed by atoms with van der Waals surface area (Å²) >= 11 is 0. The molecule has 0 unspecified atom stereocenters. The second-order valence-corrected chi connectivity index (χ2v) is 6.07. The minimum absolute atomic E-state index is 0.0315. The van der Waals surface area contributed by atoms with E-state index in [1.165, 1.54) is 0 Å². The molecular formula is C18H21NO. The largest absolute Gasteiger partial charge is 0.325 e. The highest BCUT2D eigenvalue weighted by molar-refractivity contribution is 5.99. The van der Waals surface area contributed by atoms with Crippen LogP contribution in [-0.2, 0) is 4.79 Å². The van der Waals surface area contributed by atoms with Crippen molar-refractivity contribution in [3.8, 4) is 11.1 Å². The molecule has 2 aromatic rings. The van der Waals surface area contributed by atoms with Gasteiger partial charge >= 0.3 is 0 Å². The van der Waals surface area contributed by atoms with Crippen molar-refractivity contribution in [2.75, 3.05) is 5.32 Å². The molecule has 2 aromatic carbocycles. The summed E-state index contributed by atoms with van der Waals surface area (Å²) in [4.78, 5) is 12.3. The number of aryl methyl sites for hydroxylation is 1. The molecule has 1 amide bonds. The van der Waals surface area contributed by atoms with Crippen molar-refractivity contribution in [1.29, 1.82) is 0 Å². The van der Waals surface area contributed by atoms with Gasteiger partial charge in [-0.15, -0.1) is 0 Å². The molecule has 0 fully saturated rings. The van der Waals surface area contributed by atoms with Crippen molar-refractivity contribution in [2.45, 2.75) is 27.7 Å². The predicted molar refractivity (Wildman–Crippen MR) is 84.7 cm³/mol. The van der Waals surface area contributed by atoms with Gasteiger partial charge in [-0.05, 0) is 18.1 Å². The molecule has 2 rings (SSSR count). The third-order valence-corrected chi connectivity index (χ3v) is 3.28. The van der Waals surface area contributed by atoms with Crippen molar-refractivity contribution < 1.29 is 4.79 Å². The number of anilines is 1. The predicted octanol–water partition coefficient (Wildman–Crippen LogP) is 4.65. The summed E-state index contributed by atoms with van der Waals surface area (Å²) in [5.74, 6) is 0.0315. The molecule has 0 aromatic heterocycles. The van der Waals surface area contributed by atoms with Crippen LogP contribution in [0.5, 0.6) is 0 Å². The van der Waals surface area contributed by atoms with Gasteiger partial charge in [-0.25, -0.2) is 0 Å². The second-order valence-electron chi connectivity index (χ2n) is 6.07. The summed E-state index contributed by atoms with van der Waals surface area (Å²) in [6, 6.07) is 16.2. The fraction of sp³-hybridized carbons (Fsp3) is 0.278. The molecule has 0 aliphatic carbocycles. The van der Waals surface area contributed by atoms with E-state index in [0.717, 1.165) is 22.4 Å². The van der Waals surface area contributed by atoms with Gasteiger partial charge in [-0.2, -0.15) is 0 Å². The lowest BCUT2D eigenvalue weighted by atomic mass is 9.94. The Morgan fingerprint density at radius 1 is 0.950 bits per heavy atom. The van der Waals surface area contributed by atoms with Crippen LogP contribution < -0.4 is 5.32 Å². The summed E-state index contributed by atoms with van der Waals surface area (Å²) in [5.41, 5.74) is 3.74. The van der Waals surface area contributed by atoms with Crippen LogP contribution >= 0.6 is 0 Å². The molecule has 2 nitrogen and oxygen atoms in total. The van der Waals surface area contributed by atoms with E-state index in [2.05, 4.69) is 17.4 Å². The normalized spacial score (nSPS) is 11.2. The maximum Gasteiger partial charge on any atom is 0.229 e. The van der Waals surface area contributed by atoms with Crippen molar-refractivity contribution in [3.63, 3.8) is 0 Å². The monoisotopic (exact) mass is 267 g/mol. The molecule has 0 heterocycles. The lowest BCUT2D eigenvalue weighted by Crippen LogP contribution is -2.28. The quantitative estimate of drug-likeness (QED) is 0.843. The first-order valence-corrected chi connectivity index (χ1v) is 6.86. The van der Waals surface area contributed by atoms with Gasteiger partial charge in [0, 0.05) is 11.0 Å². The number of para-hydroxylation sites is 1. The smallest absolute Gasteiger partial charge is 0.229 e. The first-order valence-electron chi connectivity index (χ1n) is 6.86. The minimum atomic E-state index is -0.407. The van der Waals surface area contributed by atoms with E-state index >= 15 is 0 Å². The zero-order valence-electron chi connectivity index (χ0n) is 12.5. The lowest BCUT2D eigenvalue weighted by Gasteiger charge is -2.21. The topological polar surface area (TPSA) is 29.1 Å². The van der Waals surface area contributed by atoms with Crippen LogP contribution in [0.1, 0.15) is 26.3 Å². The molecule has 0 atom stereocenters. The van der Waals surface area contributed by atoms with Gasteiger partial charge in [0.1, 0.15) is 0 Å². The van der Waals surface area contributed by atoms with E-state index < -0.39 is 5.41 Å². The van der Waals surface area contributed by atoms with Gasteiger partial charge < -0.3 is 5.32 Å². The molecule has 104 valence electrons. The minimum Gasteiger partial charge on any atom is -0.325 e. The molecule has 0 spiro atoms. The summed E-state index contributed by atoms with van der Waals surface area (Å²) in [6.07, 6.45) is 0. The molecule has 1 N–H and O–H groups in total. The molecule has 0 aliphatic heterocycles. The van der Waals surface area contributed by atoms with Crippen LogP contribution in [0, 0.1) is 12.3 Å². The summed E-state index contributed by atoms with van der Waals surface area (Å²) < 4.78 is 0. The fourth-order valence-corrected chi connectivity index (χ4v) is 1.99. The average molecular weight is 267 g/mol. The number of benzene rings is 2. The summed E-state index contributed by atoms with van der Waals surface area (Å²) in [6.45, 7) is 7.78. The summed E-state index contributed by atoms with van der Waals surface area (Å²) in [5, 5.41) is 3.08. The van der Waals surface area contributed by atoms with Gasteiger partial charge in [-0.3, -0.25) is 4.79 Å². The Kier molecular flexibility index (Phi) is 3.93. The Morgan fingerprint density at radius 2 is 1.60 bits per heavy atom. The van der Waals surface area contributed by atoms with Crippen LogP contribution in [0.4, 0.5) is 5.69 Å². The second kappa shape index (κ2) is 5.49. The Labute approximate surface area is 120 Å². The van der Waals surface area contributed by atoms with E-state index in [-0.39, 0.29) is 5.91 Å². The van der Waals surface area contributed by atoms with Crippen molar-refractivity contribution >= 4 is 11.6 Å². The zero-order chi connectivity index (χ0) is 14.8. The third-order valence-electron chi connectivity index (χ3n) is 3.28. The van der Waals surface area contributed by atoms with E-state index in [0.29, 0.717) is 0 Å². The highest BCUT2D eigenvalue weighted by Gasteiger charge is 2.22. The fourth-order valence-electron chi connectivity index (χ4n) is 1.99. The Morgan fingerprint density at radius 3 is 2.20 bits per heavy atom. The molecule has 0 radical (unpaired) electrons. The number of nitrogens with one attached hydrogen (secondary N) is 1. The molecule has 0 saturated heterocycles. The first kappa shape index (κ1) is 14.3. The highest BCUT2D eigenvalue weighted by atomic mass is 16.2. The lowest BCUT2D eigenvalue weighted by molar-refractivity contribution is -0.123. The highest BCUT2D eigenvalue weighted by Crippen LogP contribution is 2.31. The van der Waals surface area contributed by atoms with E-state index in [9.17, 15) is 4.79 Å². The molecular weight excluding hydrogens is 246 g/mol.